The highest BCUT2D eigenvalue weighted by molar-refractivity contribution is 9.10. The summed E-state index contributed by atoms with van der Waals surface area (Å²) >= 11 is 3.53. The average molecular weight is 379 g/mol. The van der Waals surface area contributed by atoms with Gasteiger partial charge in [0.1, 0.15) is 0 Å². The number of fused-ring (bicyclic) bond motifs is 1. The molecular formula is C14H18BrClFN3O. The smallest absolute Gasteiger partial charge is 0.255 e. The van der Waals surface area contributed by atoms with E-state index in [1.807, 2.05) is 15.7 Å². The number of nitrogens with zero attached hydrogens (tertiary/aromatic N) is 2. The summed E-state index contributed by atoms with van der Waals surface area (Å²) in [5.74, 6) is 0.103. The van der Waals surface area contributed by atoms with Gasteiger partial charge in [-0.2, -0.15) is 0 Å². The first kappa shape index (κ1) is 16.5. The fourth-order valence-corrected chi connectivity index (χ4v) is 3.34. The number of nitrogens with two attached hydrogens (primary N) is 1. The van der Waals surface area contributed by atoms with Gasteiger partial charge in [-0.3, -0.25) is 4.79 Å². The van der Waals surface area contributed by atoms with E-state index in [0.717, 1.165) is 41.5 Å². The molecule has 0 spiro atoms. The van der Waals surface area contributed by atoms with Crippen molar-refractivity contribution >= 4 is 34.2 Å². The molecule has 3 rings (SSSR count). The summed E-state index contributed by atoms with van der Waals surface area (Å²) in [6.07, 6.45) is 5.44. The van der Waals surface area contributed by atoms with Crippen LogP contribution >= 0.6 is 28.3 Å². The van der Waals surface area contributed by atoms with Gasteiger partial charge in [-0.25, -0.2) is 4.39 Å². The van der Waals surface area contributed by atoms with Gasteiger partial charge >= 0.3 is 0 Å². The average Bonchev–Trinajstić information content (AvgIpc) is 3.24. The number of carbonyl (C=O) groups is 1. The lowest BCUT2D eigenvalue weighted by Crippen LogP contribution is -2.38. The lowest BCUT2D eigenvalue weighted by Gasteiger charge is -2.26. The summed E-state index contributed by atoms with van der Waals surface area (Å²) in [4.78, 5) is 14.4. The van der Waals surface area contributed by atoms with Gasteiger partial charge in [-0.1, -0.05) is 0 Å². The fourth-order valence-electron chi connectivity index (χ4n) is 2.70. The third kappa shape index (κ3) is 3.03. The van der Waals surface area contributed by atoms with Gasteiger partial charge in [0.2, 0.25) is 0 Å². The minimum atomic E-state index is 0. The van der Waals surface area contributed by atoms with E-state index in [0.29, 0.717) is 24.5 Å². The predicted molar refractivity (Wildman–Crippen MR) is 85.4 cm³/mol. The van der Waals surface area contributed by atoms with E-state index in [1.165, 1.54) is 0 Å². The lowest BCUT2D eigenvalue weighted by atomic mass is 10.0. The first-order valence-corrected chi connectivity index (χ1v) is 7.61. The van der Waals surface area contributed by atoms with Gasteiger partial charge in [-0.15, -0.1) is 12.4 Å². The summed E-state index contributed by atoms with van der Waals surface area (Å²) in [7, 11) is 0. The SMILES string of the molecule is Cl.NC/C(=C\F)Cn1cc2c(c1Br)CCN(C1CC1)C2=O. The lowest BCUT2D eigenvalue weighted by molar-refractivity contribution is 0.0727. The van der Waals surface area contributed by atoms with Crippen LogP contribution in [0.2, 0.25) is 0 Å². The molecular weight excluding hydrogens is 361 g/mol. The highest BCUT2D eigenvalue weighted by Crippen LogP contribution is 2.35. The van der Waals surface area contributed by atoms with E-state index < -0.39 is 0 Å². The number of halogens is 3. The van der Waals surface area contributed by atoms with Crippen molar-refractivity contribution in [2.75, 3.05) is 13.1 Å². The van der Waals surface area contributed by atoms with Crippen molar-refractivity contribution in [2.24, 2.45) is 5.73 Å². The predicted octanol–water partition coefficient (Wildman–Crippen LogP) is 2.65. The molecule has 1 aromatic heterocycles. The molecule has 0 radical (unpaired) electrons. The molecule has 0 atom stereocenters. The maximum atomic E-state index is 12.7. The molecule has 116 valence electrons. The van der Waals surface area contributed by atoms with E-state index in [1.54, 1.807) is 0 Å². The molecule has 7 heteroatoms. The van der Waals surface area contributed by atoms with Gasteiger partial charge in [0.15, 0.2) is 0 Å². The second-order valence-electron chi connectivity index (χ2n) is 5.39. The van der Waals surface area contributed by atoms with Gasteiger partial charge in [0.25, 0.3) is 5.91 Å². The summed E-state index contributed by atoms with van der Waals surface area (Å²) < 4.78 is 15.4. The highest BCUT2D eigenvalue weighted by Gasteiger charge is 2.37. The van der Waals surface area contributed by atoms with Crippen LogP contribution in [0, 0.1) is 0 Å². The summed E-state index contributed by atoms with van der Waals surface area (Å²) in [5.41, 5.74) is 7.76. The molecule has 2 heterocycles. The zero-order valence-electron chi connectivity index (χ0n) is 11.5. The van der Waals surface area contributed by atoms with Crippen molar-refractivity contribution < 1.29 is 9.18 Å². The molecule has 21 heavy (non-hydrogen) atoms. The highest BCUT2D eigenvalue weighted by atomic mass is 79.9. The third-order valence-corrected chi connectivity index (χ3v) is 4.92. The standard InChI is InChI=1S/C14H17BrFN3O.ClH/c15-13-11-3-4-19(10-1-2-10)14(20)12(11)8-18(13)7-9(5-16)6-17;/h5,8,10H,1-4,6-7,17H2;1H/b9-5+;. The van der Waals surface area contributed by atoms with Crippen molar-refractivity contribution in [3.05, 3.63) is 33.8 Å². The molecule has 2 aliphatic rings. The Hall–Kier alpha value is -0.850. The van der Waals surface area contributed by atoms with Crippen LogP contribution in [-0.4, -0.2) is 34.5 Å². The van der Waals surface area contributed by atoms with Crippen LogP contribution in [0.15, 0.2) is 22.7 Å². The number of aromatic nitrogens is 1. The van der Waals surface area contributed by atoms with Crippen molar-refractivity contribution in [2.45, 2.75) is 31.8 Å². The quantitative estimate of drug-likeness (QED) is 0.876. The first-order valence-electron chi connectivity index (χ1n) is 6.82. The molecule has 1 saturated carbocycles. The van der Waals surface area contributed by atoms with Crippen molar-refractivity contribution in [3.63, 3.8) is 0 Å². The van der Waals surface area contributed by atoms with Crippen LogP contribution in [0.3, 0.4) is 0 Å². The number of hydrogen-bond acceptors (Lipinski definition) is 2. The van der Waals surface area contributed by atoms with Crippen molar-refractivity contribution in [1.29, 1.82) is 0 Å². The fraction of sp³-hybridized carbons (Fsp3) is 0.500. The Kier molecular flexibility index (Phi) is 5.11. The molecule has 1 aromatic rings. The molecule has 0 bridgehead atoms. The van der Waals surface area contributed by atoms with E-state index in [-0.39, 0.29) is 24.9 Å². The Morgan fingerprint density at radius 3 is 2.81 bits per heavy atom. The van der Waals surface area contributed by atoms with Crippen LogP contribution in [0.4, 0.5) is 4.39 Å². The molecule has 1 aliphatic heterocycles. The van der Waals surface area contributed by atoms with E-state index in [4.69, 9.17) is 5.73 Å². The van der Waals surface area contributed by atoms with Crippen LogP contribution in [0.1, 0.15) is 28.8 Å². The molecule has 1 aliphatic carbocycles. The monoisotopic (exact) mass is 377 g/mol. The van der Waals surface area contributed by atoms with Gasteiger partial charge in [0, 0.05) is 31.9 Å². The van der Waals surface area contributed by atoms with E-state index >= 15 is 0 Å². The van der Waals surface area contributed by atoms with Crippen LogP contribution in [-0.2, 0) is 13.0 Å². The Bertz CT molecular complexity index is 583. The zero-order valence-corrected chi connectivity index (χ0v) is 13.9. The second kappa shape index (κ2) is 6.50. The molecule has 1 fully saturated rings. The number of hydrogen-bond donors (Lipinski definition) is 1. The number of carbonyl (C=O) groups excluding carboxylic acids is 1. The topological polar surface area (TPSA) is 51.3 Å². The van der Waals surface area contributed by atoms with E-state index in [9.17, 15) is 9.18 Å². The van der Waals surface area contributed by atoms with Gasteiger partial charge in [0.05, 0.1) is 16.5 Å². The Labute approximate surface area is 137 Å². The maximum Gasteiger partial charge on any atom is 0.255 e. The normalized spacial score (nSPS) is 18.5. The summed E-state index contributed by atoms with van der Waals surface area (Å²) in [5, 5.41) is 0. The minimum Gasteiger partial charge on any atom is -0.337 e. The number of rotatable bonds is 4. The van der Waals surface area contributed by atoms with Crippen LogP contribution in [0.5, 0.6) is 0 Å². The molecule has 0 unspecified atom stereocenters. The largest absolute Gasteiger partial charge is 0.337 e. The molecule has 2 N–H and O–H groups in total. The Balaban J connectivity index is 0.00000161. The zero-order chi connectivity index (χ0) is 14.3. The Morgan fingerprint density at radius 2 is 2.24 bits per heavy atom. The minimum absolute atomic E-state index is 0. The summed E-state index contributed by atoms with van der Waals surface area (Å²) in [6, 6.07) is 0.433. The third-order valence-electron chi connectivity index (χ3n) is 3.98. The van der Waals surface area contributed by atoms with Gasteiger partial charge in [-0.05, 0) is 46.3 Å². The first-order chi connectivity index (χ1) is 9.65. The molecule has 0 aromatic carbocycles. The van der Waals surface area contributed by atoms with E-state index in [2.05, 4.69) is 15.9 Å². The molecule has 4 nitrogen and oxygen atoms in total. The van der Waals surface area contributed by atoms with Crippen LogP contribution < -0.4 is 5.73 Å². The summed E-state index contributed by atoms with van der Waals surface area (Å²) in [6.45, 7) is 1.33. The van der Waals surface area contributed by atoms with Gasteiger partial charge < -0.3 is 15.2 Å². The van der Waals surface area contributed by atoms with Crippen molar-refractivity contribution in [1.82, 2.24) is 9.47 Å². The second-order valence-corrected chi connectivity index (χ2v) is 6.14. The Morgan fingerprint density at radius 1 is 1.52 bits per heavy atom. The molecule has 1 amide bonds. The van der Waals surface area contributed by atoms with Crippen molar-refractivity contribution in [3.8, 4) is 0 Å². The molecule has 0 saturated heterocycles. The van der Waals surface area contributed by atoms with Crippen LogP contribution in [0.25, 0.3) is 0 Å². The number of amides is 1. The maximum absolute atomic E-state index is 12.7.